The summed E-state index contributed by atoms with van der Waals surface area (Å²) in [7, 11) is -2.14. The molecule has 1 atom stereocenters. The van der Waals surface area contributed by atoms with Crippen LogP contribution in [0.25, 0.3) is 0 Å². The number of hydrogen-bond donors (Lipinski definition) is 1. The van der Waals surface area contributed by atoms with Crippen LogP contribution >= 0.6 is 0 Å². The van der Waals surface area contributed by atoms with Crippen LogP contribution in [0.3, 0.4) is 0 Å². The van der Waals surface area contributed by atoms with Gasteiger partial charge in [0.1, 0.15) is 6.10 Å². The lowest BCUT2D eigenvalue weighted by Gasteiger charge is -2.15. The summed E-state index contributed by atoms with van der Waals surface area (Å²) in [6.07, 6.45) is 0.0446. The summed E-state index contributed by atoms with van der Waals surface area (Å²) >= 11 is 0. The highest BCUT2D eigenvalue weighted by molar-refractivity contribution is 7.88. The number of benzene rings is 2. The number of aliphatic imine (C=N–C) groups is 1. The molecule has 0 aliphatic heterocycles. The van der Waals surface area contributed by atoms with Crippen molar-refractivity contribution in [1.82, 2.24) is 4.31 Å². The maximum atomic E-state index is 11.8. The number of para-hydroxylation sites is 1. The van der Waals surface area contributed by atoms with E-state index < -0.39 is 16.1 Å². The van der Waals surface area contributed by atoms with Gasteiger partial charge in [0, 0.05) is 7.05 Å². The molecule has 0 aliphatic rings. The summed E-state index contributed by atoms with van der Waals surface area (Å²) in [5.41, 5.74) is 1.21. The first-order valence-electron chi connectivity index (χ1n) is 7.20. The van der Waals surface area contributed by atoms with Crippen LogP contribution in [-0.4, -0.2) is 37.0 Å². The van der Waals surface area contributed by atoms with Crippen LogP contribution in [0.4, 0.5) is 5.69 Å². The summed E-state index contributed by atoms with van der Waals surface area (Å²) in [6.45, 7) is 0. The molecule has 0 spiro atoms. The van der Waals surface area contributed by atoms with Crippen molar-refractivity contribution in [3.05, 3.63) is 66.2 Å². The molecule has 5 nitrogen and oxygen atoms in total. The molecule has 1 N–H and O–H groups in total. The molecule has 0 aromatic heterocycles. The standard InChI is InChI=1S/C18H18N2O3S/c1-20(24(2,22)23)18(19-16-11-7-4-8-12-16)14-13-17(21)15-9-5-3-6-10-15/h3-12,17,21H,1-2H3. The Morgan fingerprint density at radius 2 is 1.62 bits per heavy atom. The van der Waals surface area contributed by atoms with Crippen LogP contribution < -0.4 is 0 Å². The maximum absolute atomic E-state index is 11.8. The van der Waals surface area contributed by atoms with E-state index in [1.54, 1.807) is 48.5 Å². The third kappa shape index (κ3) is 4.95. The van der Waals surface area contributed by atoms with Gasteiger partial charge < -0.3 is 5.11 Å². The van der Waals surface area contributed by atoms with E-state index in [1.807, 2.05) is 12.1 Å². The largest absolute Gasteiger partial charge is 0.376 e. The second-order valence-corrected chi connectivity index (χ2v) is 7.10. The summed E-state index contributed by atoms with van der Waals surface area (Å²) in [4.78, 5) is 4.27. The Kier molecular flexibility index (Phi) is 5.74. The Balaban J connectivity index is 2.38. The Morgan fingerprint density at radius 1 is 1.08 bits per heavy atom. The van der Waals surface area contributed by atoms with Gasteiger partial charge in [-0.2, -0.15) is 0 Å². The van der Waals surface area contributed by atoms with Gasteiger partial charge >= 0.3 is 0 Å². The monoisotopic (exact) mass is 342 g/mol. The lowest BCUT2D eigenvalue weighted by atomic mass is 10.1. The second-order valence-electron chi connectivity index (χ2n) is 5.08. The molecule has 2 rings (SSSR count). The number of rotatable bonds is 3. The number of aliphatic hydroxyl groups excluding tert-OH is 1. The van der Waals surface area contributed by atoms with Gasteiger partial charge in [0.2, 0.25) is 10.0 Å². The zero-order valence-corrected chi connectivity index (χ0v) is 14.2. The zero-order valence-electron chi connectivity index (χ0n) is 13.4. The van der Waals surface area contributed by atoms with E-state index >= 15 is 0 Å². The van der Waals surface area contributed by atoms with E-state index in [1.165, 1.54) is 7.05 Å². The molecule has 0 fully saturated rings. The third-order valence-corrected chi connectivity index (χ3v) is 4.39. The van der Waals surface area contributed by atoms with Crippen molar-refractivity contribution in [3.63, 3.8) is 0 Å². The van der Waals surface area contributed by atoms with Crippen LogP contribution in [-0.2, 0) is 10.0 Å². The summed E-state index contributed by atoms with van der Waals surface area (Å²) < 4.78 is 24.6. The summed E-state index contributed by atoms with van der Waals surface area (Å²) in [5.74, 6) is 5.35. The van der Waals surface area contributed by atoms with Gasteiger partial charge in [0.25, 0.3) is 0 Å². The number of sulfonamides is 1. The SMILES string of the molecule is CN(C(C#CC(O)c1ccccc1)=Nc1ccccc1)S(C)(=O)=O. The van der Waals surface area contributed by atoms with E-state index in [9.17, 15) is 13.5 Å². The topological polar surface area (TPSA) is 70.0 Å². The lowest BCUT2D eigenvalue weighted by Crippen LogP contribution is -2.31. The van der Waals surface area contributed by atoms with E-state index in [0.29, 0.717) is 11.3 Å². The van der Waals surface area contributed by atoms with Crippen LogP contribution in [0.1, 0.15) is 11.7 Å². The molecule has 0 heterocycles. The molecule has 0 amide bonds. The highest BCUT2D eigenvalue weighted by atomic mass is 32.2. The molecule has 1 unspecified atom stereocenters. The molecule has 0 saturated heterocycles. The molecular weight excluding hydrogens is 324 g/mol. The predicted octanol–water partition coefficient (Wildman–Crippen LogP) is 2.35. The molecule has 6 heteroatoms. The molecule has 0 radical (unpaired) electrons. The Bertz CT molecular complexity index is 867. The zero-order chi connectivity index (χ0) is 17.6. The average Bonchev–Trinajstić information content (AvgIpc) is 2.58. The molecule has 2 aromatic rings. The number of hydrogen-bond acceptors (Lipinski definition) is 4. The van der Waals surface area contributed by atoms with Crippen LogP contribution in [0.2, 0.25) is 0 Å². The molecule has 124 valence electrons. The Labute approximate surface area is 142 Å². The predicted molar refractivity (Wildman–Crippen MR) is 95.3 cm³/mol. The number of aliphatic hydroxyl groups is 1. The highest BCUT2D eigenvalue weighted by Crippen LogP contribution is 2.13. The first-order valence-corrected chi connectivity index (χ1v) is 9.05. The van der Waals surface area contributed by atoms with Crippen molar-refractivity contribution in [2.24, 2.45) is 4.99 Å². The van der Waals surface area contributed by atoms with Crippen molar-refractivity contribution in [1.29, 1.82) is 0 Å². The minimum Gasteiger partial charge on any atom is -0.376 e. The summed E-state index contributed by atoms with van der Waals surface area (Å²) in [6, 6.07) is 17.8. The summed E-state index contributed by atoms with van der Waals surface area (Å²) in [5, 5.41) is 10.1. The minimum atomic E-state index is -3.52. The van der Waals surface area contributed by atoms with Gasteiger partial charge in [0.05, 0.1) is 11.9 Å². The van der Waals surface area contributed by atoms with Gasteiger partial charge in [-0.15, -0.1) is 0 Å². The van der Waals surface area contributed by atoms with Gasteiger partial charge in [-0.05, 0) is 23.6 Å². The van der Waals surface area contributed by atoms with Crippen molar-refractivity contribution in [2.45, 2.75) is 6.10 Å². The van der Waals surface area contributed by atoms with Crippen LogP contribution in [0.5, 0.6) is 0 Å². The van der Waals surface area contributed by atoms with E-state index in [4.69, 9.17) is 0 Å². The molecule has 0 saturated carbocycles. The first kappa shape index (κ1) is 17.7. The normalized spacial score (nSPS) is 12.9. The van der Waals surface area contributed by atoms with Crippen molar-refractivity contribution >= 4 is 21.5 Å². The van der Waals surface area contributed by atoms with Crippen LogP contribution in [0, 0.1) is 11.8 Å². The first-order chi connectivity index (χ1) is 11.4. The second kappa shape index (κ2) is 7.77. The number of nitrogens with zero attached hydrogens (tertiary/aromatic N) is 2. The van der Waals surface area contributed by atoms with Gasteiger partial charge in [0.15, 0.2) is 5.84 Å². The Hall–Kier alpha value is -2.62. The molecule has 0 aliphatic carbocycles. The van der Waals surface area contributed by atoms with Crippen molar-refractivity contribution in [2.75, 3.05) is 13.3 Å². The number of amidine groups is 1. The molecule has 24 heavy (non-hydrogen) atoms. The fourth-order valence-electron chi connectivity index (χ4n) is 1.81. The van der Waals surface area contributed by atoms with Crippen LogP contribution in [0.15, 0.2) is 65.7 Å². The fourth-order valence-corrected chi connectivity index (χ4v) is 2.21. The van der Waals surface area contributed by atoms with E-state index in [2.05, 4.69) is 16.8 Å². The Morgan fingerprint density at radius 3 is 2.17 bits per heavy atom. The lowest BCUT2D eigenvalue weighted by molar-refractivity contribution is 0.238. The van der Waals surface area contributed by atoms with E-state index in [0.717, 1.165) is 10.6 Å². The molecule has 2 aromatic carbocycles. The average molecular weight is 342 g/mol. The van der Waals surface area contributed by atoms with Crippen molar-refractivity contribution < 1.29 is 13.5 Å². The minimum absolute atomic E-state index is 0.0404. The fraction of sp³-hybridized carbons (Fsp3) is 0.167. The van der Waals surface area contributed by atoms with Gasteiger partial charge in [-0.25, -0.2) is 17.7 Å². The quantitative estimate of drug-likeness (QED) is 0.529. The van der Waals surface area contributed by atoms with E-state index in [-0.39, 0.29) is 5.84 Å². The van der Waals surface area contributed by atoms with Crippen molar-refractivity contribution in [3.8, 4) is 11.8 Å². The third-order valence-electron chi connectivity index (χ3n) is 3.22. The van der Waals surface area contributed by atoms with Gasteiger partial charge in [-0.3, -0.25) is 0 Å². The van der Waals surface area contributed by atoms with Gasteiger partial charge in [-0.1, -0.05) is 54.5 Å². The highest BCUT2D eigenvalue weighted by Gasteiger charge is 2.15. The smallest absolute Gasteiger partial charge is 0.233 e. The maximum Gasteiger partial charge on any atom is 0.233 e. The molecule has 0 bridgehead atoms. The molecular formula is C18H18N2O3S.